The van der Waals surface area contributed by atoms with Crippen molar-refractivity contribution in [2.75, 3.05) is 27.9 Å². The van der Waals surface area contributed by atoms with Gasteiger partial charge in [-0.3, -0.25) is 0 Å². The summed E-state index contributed by atoms with van der Waals surface area (Å²) in [6, 6.07) is 3.76. The summed E-state index contributed by atoms with van der Waals surface area (Å²) < 4.78 is 16.1. The van der Waals surface area contributed by atoms with E-state index in [9.17, 15) is 0 Å². The van der Waals surface area contributed by atoms with Crippen LogP contribution in [0.3, 0.4) is 0 Å². The lowest BCUT2D eigenvalue weighted by Gasteiger charge is -2.18. The Balaban J connectivity index is 2.82. The van der Waals surface area contributed by atoms with E-state index in [1.54, 1.807) is 21.3 Å². The number of nitrogens with one attached hydrogen (secondary N) is 1. The van der Waals surface area contributed by atoms with Crippen molar-refractivity contribution < 1.29 is 14.2 Å². The van der Waals surface area contributed by atoms with Crippen LogP contribution < -0.4 is 19.5 Å². The largest absolute Gasteiger partial charge is 0.496 e. The van der Waals surface area contributed by atoms with Gasteiger partial charge in [-0.25, -0.2) is 0 Å². The average molecular weight is 281 g/mol. The molecule has 0 saturated carbocycles. The van der Waals surface area contributed by atoms with Crippen molar-refractivity contribution in [3.8, 4) is 17.2 Å². The molecule has 1 N–H and O–H groups in total. The van der Waals surface area contributed by atoms with Gasteiger partial charge >= 0.3 is 0 Å². The molecule has 20 heavy (non-hydrogen) atoms. The first-order chi connectivity index (χ1) is 9.53. The zero-order valence-corrected chi connectivity index (χ0v) is 13.4. The summed E-state index contributed by atoms with van der Waals surface area (Å²) in [5.41, 5.74) is 1.02. The predicted octanol–water partition coefficient (Wildman–Crippen LogP) is 3.09. The Morgan fingerprint density at radius 2 is 1.50 bits per heavy atom. The van der Waals surface area contributed by atoms with E-state index in [0.29, 0.717) is 18.4 Å². The molecule has 1 aromatic rings. The maximum absolute atomic E-state index is 5.44. The van der Waals surface area contributed by atoms with Crippen LogP contribution in [0.15, 0.2) is 12.1 Å². The molecule has 1 rings (SSSR count). The normalized spacial score (nSPS) is 12.3. The van der Waals surface area contributed by atoms with Gasteiger partial charge in [0.25, 0.3) is 0 Å². The number of ether oxygens (including phenoxy) is 3. The summed E-state index contributed by atoms with van der Waals surface area (Å²) in [7, 11) is 4.96. The molecular weight excluding hydrogens is 254 g/mol. The van der Waals surface area contributed by atoms with Crippen LogP contribution in [0.2, 0.25) is 0 Å². The number of benzene rings is 1. The molecule has 0 saturated heterocycles. The number of rotatable bonds is 8. The fourth-order valence-electron chi connectivity index (χ4n) is 1.91. The lowest BCUT2D eigenvalue weighted by atomic mass is 9.98. The second-order valence-corrected chi connectivity index (χ2v) is 5.36. The van der Waals surface area contributed by atoms with Gasteiger partial charge in [-0.2, -0.15) is 0 Å². The minimum absolute atomic E-state index is 0.630. The van der Waals surface area contributed by atoms with Crippen LogP contribution in [0.5, 0.6) is 17.2 Å². The highest BCUT2D eigenvalue weighted by atomic mass is 16.5. The number of hydrogen-bond acceptors (Lipinski definition) is 4. The highest BCUT2D eigenvalue weighted by Crippen LogP contribution is 2.33. The van der Waals surface area contributed by atoms with Crippen LogP contribution in [0.25, 0.3) is 0 Å². The monoisotopic (exact) mass is 281 g/mol. The highest BCUT2D eigenvalue weighted by Gasteiger charge is 2.14. The quantitative estimate of drug-likeness (QED) is 0.795. The zero-order chi connectivity index (χ0) is 15.1. The van der Waals surface area contributed by atoms with Crippen LogP contribution >= 0.6 is 0 Å². The molecular formula is C16H27NO3. The van der Waals surface area contributed by atoms with E-state index in [1.807, 2.05) is 12.1 Å². The molecule has 0 aliphatic heterocycles. The summed E-state index contributed by atoms with van der Waals surface area (Å²) in [6.45, 7) is 8.41. The van der Waals surface area contributed by atoms with Crippen LogP contribution in [0.4, 0.5) is 0 Å². The first-order valence-corrected chi connectivity index (χ1v) is 7.03. The summed E-state index contributed by atoms with van der Waals surface area (Å²) in [5.74, 6) is 3.60. The Kier molecular flexibility index (Phi) is 6.65. The zero-order valence-electron chi connectivity index (χ0n) is 13.4. The maximum atomic E-state index is 5.44. The number of methoxy groups -OCH3 is 3. The Hall–Kier alpha value is -1.42. The van der Waals surface area contributed by atoms with Crippen LogP contribution in [-0.2, 0) is 6.54 Å². The fourth-order valence-corrected chi connectivity index (χ4v) is 1.91. The lowest BCUT2D eigenvalue weighted by molar-refractivity contribution is 0.359. The summed E-state index contributed by atoms with van der Waals surface area (Å²) >= 11 is 0. The van der Waals surface area contributed by atoms with Crippen LogP contribution in [0, 0.1) is 11.8 Å². The minimum atomic E-state index is 0.630. The van der Waals surface area contributed by atoms with Gasteiger partial charge in [0.1, 0.15) is 17.2 Å². The Morgan fingerprint density at radius 3 is 1.90 bits per heavy atom. The lowest BCUT2D eigenvalue weighted by Crippen LogP contribution is -2.24. The molecule has 1 atom stereocenters. The molecule has 1 aromatic carbocycles. The van der Waals surface area contributed by atoms with Gasteiger partial charge in [-0.1, -0.05) is 20.8 Å². The highest BCUT2D eigenvalue weighted by molar-refractivity contribution is 5.50. The molecule has 0 bridgehead atoms. The predicted molar refractivity (Wildman–Crippen MR) is 81.8 cm³/mol. The van der Waals surface area contributed by atoms with Crippen molar-refractivity contribution in [3.63, 3.8) is 0 Å². The van der Waals surface area contributed by atoms with E-state index in [4.69, 9.17) is 14.2 Å². The molecule has 0 aliphatic rings. The van der Waals surface area contributed by atoms with E-state index in [1.165, 1.54) is 0 Å². The molecule has 114 valence electrons. The van der Waals surface area contributed by atoms with Gasteiger partial charge in [0.15, 0.2) is 0 Å². The Bertz CT molecular complexity index is 393. The van der Waals surface area contributed by atoms with E-state index >= 15 is 0 Å². The molecule has 0 fully saturated rings. The van der Waals surface area contributed by atoms with Crippen molar-refractivity contribution in [2.24, 2.45) is 11.8 Å². The second-order valence-electron chi connectivity index (χ2n) is 5.36. The van der Waals surface area contributed by atoms with E-state index in [2.05, 4.69) is 26.1 Å². The van der Waals surface area contributed by atoms with Gasteiger partial charge in [-0.15, -0.1) is 0 Å². The molecule has 0 amide bonds. The molecule has 0 radical (unpaired) electrons. The van der Waals surface area contributed by atoms with E-state index in [0.717, 1.165) is 29.4 Å². The van der Waals surface area contributed by atoms with Crippen LogP contribution in [0.1, 0.15) is 26.3 Å². The molecule has 4 nitrogen and oxygen atoms in total. The van der Waals surface area contributed by atoms with Gasteiger partial charge in [0, 0.05) is 18.7 Å². The topological polar surface area (TPSA) is 39.7 Å². The maximum Gasteiger partial charge on any atom is 0.130 e. The van der Waals surface area contributed by atoms with Crippen LogP contribution in [-0.4, -0.2) is 27.9 Å². The molecule has 1 unspecified atom stereocenters. The van der Waals surface area contributed by atoms with Gasteiger partial charge in [0.05, 0.1) is 26.9 Å². The summed E-state index contributed by atoms with van der Waals surface area (Å²) in [4.78, 5) is 0. The number of hydrogen-bond donors (Lipinski definition) is 1. The second kappa shape index (κ2) is 8.00. The summed E-state index contributed by atoms with van der Waals surface area (Å²) in [6.07, 6.45) is 0. The molecule has 0 heterocycles. The molecule has 0 aliphatic carbocycles. The third-order valence-corrected chi connectivity index (χ3v) is 3.72. The SMILES string of the molecule is COc1cc(OC)c(CNCC(C)C(C)C)c(OC)c1. The first-order valence-electron chi connectivity index (χ1n) is 7.03. The minimum Gasteiger partial charge on any atom is -0.496 e. The van der Waals surface area contributed by atoms with E-state index in [-0.39, 0.29) is 0 Å². The summed E-state index contributed by atoms with van der Waals surface area (Å²) in [5, 5.41) is 3.47. The molecule has 0 aromatic heterocycles. The van der Waals surface area contributed by atoms with Crippen molar-refractivity contribution in [2.45, 2.75) is 27.3 Å². The molecule has 0 spiro atoms. The van der Waals surface area contributed by atoms with Gasteiger partial charge < -0.3 is 19.5 Å². The van der Waals surface area contributed by atoms with Gasteiger partial charge in [-0.05, 0) is 18.4 Å². The van der Waals surface area contributed by atoms with Crippen molar-refractivity contribution >= 4 is 0 Å². The van der Waals surface area contributed by atoms with Crippen molar-refractivity contribution in [3.05, 3.63) is 17.7 Å². The van der Waals surface area contributed by atoms with Crippen molar-refractivity contribution in [1.82, 2.24) is 5.32 Å². The standard InChI is InChI=1S/C16H27NO3/c1-11(2)12(3)9-17-10-14-15(19-5)7-13(18-4)8-16(14)20-6/h7-8,11-12,17H,9-10H2,1-6H3. The van der Waals surface area contributed by atoms with E-state index < -0.39 is 0 Å². The Labute approximate surface area is 122 Å². The smallest absolute Gasteiger partial charge is 0.130 e. The third kappa shape index (κ3) is 4.30. The third-order valence-electron chi connectivity index (χ3n) is 3.72. The fraction of sp³-hybridized carbons (Fsp3) is 0.625. The van der Waals surface area contributed by atoms with Crippen molar-refractivity contribution in [1.29, 1.82) is 0 Å². The Morgan fingerprint density at radius 1 is 0.950 bits per heavy atom. The average Bonchev–Trinajstić information content (AvgIpc) is 2.46. The first kappa shape index (κ1) is 16.6. The van der Waals surface area contributed by atoms with Gasteiger partial charge in [0.2, 0.25) is 0 Å². The molecule has 4 heteroatoms.